The predicted molar refractivity (Wildman–Crippen MR) is 69.9 cm³/mol. The van der Waals surface area contributed by atoms with Crippen LogP contribution in [0.4, 0.5) is 0 Å². The maximum absolute atomic E-state index is 7.36. The van der Waals surface area contributed by atoms with E-state index in [9.17, 15) is 0 Å². The first-order chi connectivity index (χ1) is 8.66. The summed E-state index contributed by atoms with van der Waals surface area (Å²) < 4.78 is 7.46. The molecule has 18 heavy (non-hydrogen) atoms. The molecule has 0 atom stereocenters. The van der Waals surface area contributed by atoms with Crippen LogP contribution in [0.2, 0.25) is 0 Å². The smallest absolute Gasteiger partial charge is 0.122 e. The lowest BCUT2D eigenvalue weighted by Gasteiger charge is -2.07. The van der Waals surface area contributed by atoms with Gasteiger partial charge in [0.05, 0.1) is 6.61 Å². The lowest BCUT2D eigenvalue weighted by molar-refractivity contribution is 0.318. The standard InChI is InChI=1S/C13H16N4O/c1-17-11(5-7-16-17)6-8-18-12-4-2-3-10(9-12)13(14)15/h2-5,7,9H,6,8H2,1H3,(H3,14,15). The van der Waals surface area contributed by atoms with Crippen molar-refractivity contribution in [3.05, 3.63) is 47.8 Å². The number of nitrogens with two attached hydrogens (primary N) is 1. The van der Waals surface area contributed by atoms with Crippen LogP contribution in [0.1, 0.15) is 11.3 Å². The minimum Gasteiger partial charge on any atom is -0.493 e. The van der Waals surface area contributed by atoms with E-state index < -0.39 is 0 Å². The molecule has 1 aromatic carbocycles. The van der Waals surface area contributed by atoms with Crippen LogP contribution in [-0.2, 0) is 13.5 Å². The lowest BCUT2D eigenvalue weighted by Crippen LogP contribution is -2.11. The highest BCUT2D eigenvalue weighted by atomic mass is 16.5. The van der Waals surface area contributed by atoms with Gasteiger partial charge < -0.3 is 10.5 Å². The summed E-state index contributed by atoms with van der Waals surface area (Å²) in [5.41, 5.74) is 7.22. The second-order valence-corrected chi connectivity index (χ2v) is 3.99. The van der Waals surface area contributed by atoms with Gasteiger partial charge in [-0.2, -0.15) is 5.10 Å². The van der Waals surface area contributed by atoms with E-state index in [2.05, 4.69) is 5.10 Å². The van der Waals surface area contributed by atoms with Crippen LogP contribution >= 0.6 is 0 Å². The minimum absolute atomic E-state index is 0.0482. The van der Waals surface area contributed by atoms with Crippen LogP contribution in [0.5, 0.6) is 5.75 Å². The fourth-order valence-corrected chi connectivity index (χ4v) is 1.67. The quantitative estimate of drug-likeness (QED) is 0.615. The van der Waals surface area contributed by atoms with Crippen molar-refractivity contribution in [1.29, 1.82) is 5.41 Å². The van der Waals surface area contributed by atoms with Gasteiger partial charge in [0.1, 0.15) is 11.6 Å². The summed E-state index contributed by atoms with van der Waals surface area (Å²) >= 11 is 0. The molecular formula is C13H16N4O. The predicted octanol–water partition coefficient (Wildman–Crippen LogP) is 1.33. The molecule has 0 aliphatic rings. The summed E-state index contributed by atoms with van der Waals surface area (Å²) in [7, 11) is 1.91. The molecule has 0 aliphatic carbocycles. The van der Waals surface area contributed by atoms with Crippen molar-refractivity contribution in [2.24, 2.45) is 12.8 Å². The van der Waals surface area contributed by atoms with E-state index in [1.807, 2.05) is 29.9 Å². The van der Waals surface area contributed by atoms with Gasteiger partial charge in [0, 0.05) is 30.9 Å². The second kappa shape index (κ2) is 5.35. The van der Waals surface area contributed by atoms with Crippen LogP contribution < -0.4 is 10.5 Å². The minimum atomic E-state index is 0.0482. The molecule has 2 aromatic rings. The number of rotatable bonds is 5. The molecule has 1 aromatic heterocycles. The number of nitrogen functional groups attached to an aromatic ring is 1. The largest absolute Gasteiger partial charge is 0.493 e. The molecule has 2 rings (SSSR count). The van der Waals surface area contributed by atoms with Gasteiger partial charge in [-0.05, 0) is 18.2 Å². The number of nitrogens with zero attached hydrogens (tertiary/aromatic N) is 2. The number of hydrogen-bond donors (Lipinski definition) is 2. The first-order valence-electron chi connectivity index (χ1n) is 5.71. The van der Waals surface area contributed by atoms with Crippen LogP contribution in [-0.4, -0.2) is 22.2 Å². The summed E-state index contributed by atoms with van der Waals surface area (Å²) in [6, 6.07) is 9.21. The number of nitrogens with one attached hydrogen (secondary N) is 1. The van der Waals surface area contributed by atoms with Gasteiger partial charge in [-0.1, -0.05) is 12.1 Å². The van der Waals surface area contributed by atoms with E-state index in [0.717, 1.165) is 17.9 Å². The van der Waals surface area contributed by atoms with Gasteiger partial charge in [-0.15, -0.1) is 0 Å². The van der Waals surface area contributed by atoms with Crippen molar-refractivity contribution in [2.75, 3.05) is 6.61 Å². The van der Waals surface area contributed by atoms with E-state index in [1.54, 1.807) is 18.3 Å². The summed E-state index contributed by atoms with van der Waals surface area (Å²) in [5, 5.41) is 11.5. The van der Waals surface area contributed by atoms with E-state index in [4.69, 9.17) is 15.9 Å². The third-order valence-corrected chi connectivity index (χ3v) is 2.69. The molecule has 1 heterocycles. The molecule has 0 saturated carbocycles. The van der Waals surface area contributed by atoms with E-state index in [0.29, 0.717) is 12.2 Å². The molecule has 5 heteroatoms. The van der Waals surface area contributed by atoms with Crippen molar-refractivity contribution >= 4 is 5.84 Å². The Labute approximate surface area is 106 Å². The Hall–Kier alpha value is -2.30. The van der Waals surface area contributed by atoms with E-state index >= 15 is 0 Å². The van der Waals surface area contributed by atoms with Gasteiger partial charge in [0.2, 0.25) is 0 Å². The Morgan fingerprint density at radius 2 is 2.28 bits per heavy atom. The van der Waals surface area contributed by atoms with Gasteiger partial charge in [-0.25, -0.2) is 0 Å². The number of benzene rings is 1. The Balaban J connectivity index is 1.92. The van der Waals surface area contributed by atoms with Gasteiger partial charge >= 0.3 is 0 Å². The van der Waals surface area contributed by atoms with Crippen LogP contribution in [0.3, 0.4) is 0 Å². The maximum atomic E-state index is 7.36. The summed E-state index contributed by atoms with van der Waals surface area (Å²) in [4.78, 5) is 0. The third-order valence-electron chi connectivity index (χ3n) is 2.69. The molecule has 0 amide bonds. The topological polar surface area (TPSA) is 76.9 Å². The summed E-state index contributed by atoms with van der Waals surface area (Å²) in [6.45, 7) is 0.570. The first-order valence-corrected chi connectivity index (χ1v) is 5.71. The van der Waals surface area contributed by atoms with Gasteiger partial charge in [0.15, 0.2) is 0 Å². The Bertz CT molecular complexity index is 547. The van der Waals surface area contributed by atoms with Crippen molar-refractivity contribution in [2.45, 2.75) is 6.42 Å². The highest BCUT2D eigenvalue weighted by Crippen LogP contribution is 2.13. The SMILES string of the molecule is Cn1nccc1CCOc1cccc(C(=N)N)c1. The maximum Gasteiger partial charge on any atom is 0.122 e. The lowest BCUT2D eigenvalue weighted by atomic mass is 10.2. The second-order valence-electron chi connectivity index (χ2n) is 3.99. The Morgan fingerprint density at radius 1 is 1.44 bits per heavy atom. The fraction of sp³-hybridized carbons (Fsp3) is 0.231. The molecule has 94 valence electrons. The summed E-state index contributed by atoms with van der Waals surface area (Å²) in [6.07, 6.45) is 2.56. The highest BCUT2D eigenvalue weighted by molar-refractivity contribution is 5.95. The molecular weight excluding hydrogens is 228 g/mol. The van der Waals surface area contributed by atoms with Crippen molar-refractivity contribution in [3.63, 3.8) is 0 Å². The molecule has 3 N–H and O–H groups in total. The third kappa shape index (κ3) is 2.88. The van der Waals surface area contributed by atoms with Gasteiger partial charge in [-0.3, -0.25) is 10.1 Å². The molecule has 0 spiro atoms. The average molecular weight is 244 g/mol. The normalized spacial score (nSPS) is 10.3. The van der Waals surface area contributed by atoms with Crippen LogP contribution in [0, 0.1) is 5.41 Å². The summed E-state index contributed by atoms with van der Waals surface area (Å²) in [5.74, 6) is 0.775. The van der Waals surface area contributed by atoms with Crippen molar-refractivity contribution in [3.8, 4) is 5.75 Å². The van der Waals surface area contributed by atoms with Gasteiger partial charge in [0.25, 0.3) is 0 Å². The monoisotopic (exact) mass is 244 g/mol. The molecule has 5 nitrogen and oxygen atoms in total. The molecule has 0 bridgehead atoms. The average Bonchev–Trinajstić information content (AvgIpc) is 2.76. The van der Waals surface area contributed by atoms with Crippen molar-refractivity contribution in [1.82, 2.24) is 9.78 Å². The van der Waals surface area contributed by atoms with E-state index in [-0.39, 0.29) is 5.84 Å². The molecule has 0 fully saturated rings. The number of aryl methyl sites for hydroxylation is 1. The Morgan fingerprint density at radius 3 is 2.94 bits per heavy atom. The number of ether oxygens (including phenoxy) is 1. The zero-order chi connectivity index (χ0) is 13.0. The van der Waals surface area contributed by atoms with Crippen LogP contribution in [0.25, 0.3) is 0 Å². The number of aromatic nitrogens is 2. The Kier molecular flexibility index (Phi) is 3.62. The zero-order valence-corrected chi connectivity index (χ0v) is 10.3. The highest BCUT2D eigenvalue weighted by Gasteiger charge is 2.01. The molecule has 0 saturated heterocycles. The number of amidine groups is 1. The molecule has 0 radical (unpaired) electrons. The zero-order valence-electron chi connectivity index (χ0n) is 10.3. The first kappa shape index (κ1) is 12.2. The molecule has 0 aliphatic heterocycles. The van der Waals surface area contributed by atoms with Crippen LogP contribution in [0.15, 0.2) is 36.5 Å². The fourth-order valence-electron chi connectivity index (χ4n) is 1.67. The molecule has 0 unspecified atom stereocenters. The van der Waals surface area contributed by atoms with Crippen molar-refractivity contribution < 1.29 is 4.74 Å². The van der Waals surface area contributed by atoms with E-state index in [1.165, 1.54) is 0 Å². The number of hydrogen-bond acceptors (Lipinski definition) is 3.